The number of piperidine rings is 1. The number of hydrogen-bond donors (Lipinski definition) is 0. The average molecular weight is 525 g/mol. The minimum absolute atomic E-state index is 0.0530. The van der Waals surface area contributed by atoms with E-state index in [1.807, 2.05) is 19.1 Å². The van der Waals surface area contributed by atoms with Crippen molar-refractivity contribution in [2.75, 3.05) is 11.4 Å². The third kappa shape index (κ3) is 4.88. The number of pyridine rings is 1. The van der Waals surface area contributed by atoms with Crippen molar-refractivity contribution in [3.63, 3.8) is 0 Å². The molecule has 2 aromatic carbocycles. The van der Waals surface area contributed by atoms with Gasteiger partial charge in [-0.15, -0.1) is 0 Å². The Hall–Kier alpha value is -3.21. The van der Waals surface area contributed by atoms with Gasteiger partial charge in [0.1, 0.15) is 5.82 Å². The first-order valence-electron chi connectivity index (χ1n) is 11.7. The van der Waals surface area contributed by atoms with E-state index < -0.39 is 10.0 Å². The van der Waals surface area contributed by atoms with E-state index in [1.54, 1.807) is 22.6 Å². The Labute approximate surface area is 213 Å². The first-order valence-corrected chi connectivity index (χ1v) is 14.0. The summed E-state index contributed by atoms with van der Waals surface area (Å²) in [5, 5.41) is 0.407. The molecule has 0 spiro atoms. The van der Waals surface area contributed by atoms with Crippen molar-refractivity contribution in [1.82, 2.24) is 14.3 Å². The van der Waals surface area contributed by atoms with E-state index >= 15 is 0 Å². The van der Waals surface area contributed by atoms with E-state index in [-0.39, 0.29) is 29.2 Å². The molecule has 1 aliphatic rings. The Kier molecular flexibility index (Phi) is 6.83. The fourth-order valence-corrected chi connectivity index (χ4v) is 7.06. The number of rotatable bonds is 6. The molecule has 36 heavy (non-hydrogen) atoms. The fourth-order valence-electron chi connectivity index (χ4n) is 4.37. The molecule has 0 N–H and O–H groups in total. The van der Waals surface area contributed by atoms with E-state index in [4.69, 9.17) is 0 Å². The van der Waals surface area contributed by atoms with Crippen LogP contribution in [0.1, 0.15) is 42.2 Å². The number of fused-ring (bicyclic) bond motifs is 1. The molecule has 3 heterocycles. The molecule has 2 aromatic heterocycles. The zero-order valence-electron chi connectivity index (χ0n) is 19.7. The minimum Gasteiger partial charge on any atom is -0.278 e. The van der Waals surface area contributed by atoms with Crippen molar-refractivity contribution < 1.29 is 17.6 Å². The van der Waals surface area contributed by atoms with Crippen LogP contribution in [0, 0.1) is 5.82 Å². The molecule has 10 heteroatoms. The molecule has 1 unspecified atom stereocenters. The Morgan fingerprint density at radius 2 is 1.94 bits per heavy atom. The second-order valence-corrected chi connectivity index (χ2v) is 11.7. The van der Waals surface area contributed by atoms with Crippen LogP contribution in [0.15, 0.2) is 71.8 Å². The van der Waals surface area contributed by atoms with E-state index in [1.165, 1.54) is 52.6 Å². The number of aromatic nitrogens is 2. The first-order chi connectivity index (χ1) is 17.3. The van der Waals surface area contributed by atoms with Crippen molar-refractivity contribution in [3.05, 3.63) is 83.9 Å². The minimum atomic E-state index is -3.64. The lowest BCUT2D eigenvalue weighted by Gasteiger charge is -2.32. The van der Waals surface area contributed by atoms with Crippen molar-refractivity contribution >= 4 is 42.6 Å². The number of sulfonamides is 1. The quantitative estimate of drug-likeness (QED) is 0.344. The summed E-state index contributed by atoms with van der Waals surface area (Å²) >= 11 is 1.21. The average Bonchev–Trinajstić information content (AvgIpc) is 3.30. The van der Waals surface area contributed by atoms with E-state index in [0.717, 1.165) is 19.3 Å². The van der Waals surface area contributed by atoms with E-state index in [9.17, 15) is 17.6 Å². The lowest BCUT2D eigenvalue weighted by atomic mass is 10.1. The second kappa shape index (κ2) is 10.0. The van der Waals surface area contributed by atoms with Gasteiger partial charge >= 0.3 is 0 Å². The molecule has 4 aromatic rings. The van der Waals surface area contributed by atoms with Crippen LogP contribution in [0.25, 0.3) is 10.2 Å². The maximum Gasteiger partial charge on any atom is 0.260 e. The van der Waals surface area contributed by atoms with Crippen molar-refractivity contribution in [2.45, 2.75) is 43.7 Å². The molecular weight excluding hydrogens is 499 g/mol. The molecule has 0 aliphatic carbocycles. The van der Waals surface area contributed by atoms with Crippen LogP contribution >= 0.6 is 11.3 Å². The Balaban J connectivity index is 1.47. The van der Waals surface area contributed by atoms with Gasteiger partial charge in [-0.25, -0.2) is 17.8 Å². The predicted molar refractivity (Wildman–Crippen MR) is 138 cm³/mol. The number of thiazole rings is 1. The molecule has 1 fully saturated rings. The maximum atomic E-state index is 13.7. The molecule has 5 rings (SSSR count). The summed E-state index contributed by atoms with van der Waals surface area (Å²) in [6.45, 7) is 2.58. The van der Waals surface area contributed by atoms with Gasteiger partial charge in [0.15, 0.2) is 5.13 Å². The van der Waals surface area contributed by atoms with Gasteiger partial charge in [0.05, 0.1) is 27.4 Å². The largest absolute Gasteiger partial charge is 0.278 e. The van der Waals surface area contributed by atoms with Crippen molar-refractivity contribution in [1.29, 1.82) is 0 Å². The highest BCUT2D eigenvalue weighted by Crippen LogP contribution is 2.32. The number of hydrogen-bond acceptors (Lipinski definition) is 6. The van der Waals surface area contributed by atoms with Gasteiger partial charge in [-0.1, -0.05) is 23.8 Å². The van der Waals surface area contributed by atoms with Crippen LogP contribution in [0.3, 0.4) is 0 Å². The molecule has 0 bridgehead atoms. The molecule has 1 amide bonds. The van der Waals surface area contributed by atoms with Gasteiger partial charge in [-0.05, 0) is 74.4 Å². The number of benzene rings is 2. The standard InChI is InChI=1S/C26H25FN4O3S2/c1-18-6-3-5-15-31(18)36(33,34)22-11-8-19(9-12-22)25(32)30(17-21-7-2-4-14-28-21)26-29-23-13-10-20(27)16-24(23)35-26/h2,4,7-14,16,18H,3,5-6,15,17H2,1H3. The summed E-state index contributed by atoms with van der Waals surface area (Å²) in [4.78, 5) is 24.2. The molecule has 186 valence electrons. The van der Waals surface area contributed by atoms with Gasteiger partial charge in [-0.3, -0.25) is 14.7 Å². The first kappa shape index (κ1) is 24.5. The normalized spacial score (nSPS) is 16.8. The van der Waals surface area contributed by atoms with Crippen LogP contribution in [-0.4, -0.2) is 41.2 Å². The fraction of sp³-hybridized carbons (Fsp3) is 0.269. The highest BCUT2D eigenvalue weighted by Gasteiger charge is 2.31. The maximum absolute atomic E-state index is 13.7. The monoisotopic (exact) mass is 524 g/mol. The van der Waals surface area contributed by atoms with Crippen LogP contribution in [-0.2, 0) is 16.6 Å². The van der Waals surface area contributed by atoms with Crippen LogP contribution in [0.2, 0.25) is 0 Å². The highest BCUT2D eigenvalue weighted by atomic mass is 32.2. The SMILES string of the molecule is CC1CCCCN1S(=O)(=O)c1ccc(C(=O)N(Cc2ccccn2)c2nc3ccc(F)cc3s2)cc1. The van der Waals surface area contributed by atoms with E-state index in [2.05, 4.69) is 9.97 Å². The summed E-state index contributed by atoms with van der Waals surface area (Å²) in [6.07, 6.45) is 4.34. The zero-order chi connectivity index (χ0) is 25.3. The van der Waals surface area contributed by atoms with Crippen LogP contribution < -0.4 is 4.90 Å². The molecule has 1 saturated heterocycles. The second-order valence-electron chi connectivity index (χ2n) is 8.81. The predicted octanol–water partition coefficient (Wildman–Crippen LogP) is 5.24. The van der Waals surface area contributed by atoms with Gasteiger partial charge < -0.3 is 0 Å². The van der Waals surface area contributed by atoms with Crippen LogP contribution in [0.5, 0.6) is 0 Å². The summed E-state index contributed by atoms with van der Waals surface area (Å²) in [5.41, 5.74) is 1.57. The third-order valence-corrected chi connectivity index (χ3v) is 9.38. The summed E-state index contributed by atoms with van der Waals surface area (Å²) in [5.74, 6) is -0.726. The topological polar surface area (TPSA) is 83.5 Å². The summed E-state index contributed by atoms with van der Waals surface area (Å²) in [6, 6.07) is 15.7. The molecule has 0 radical (unpaired) electrons. The third-order valence-electron chi connectivity index (χ3n) is 6.31. The summed E-state index contributed by atoms with van der Waals surface area (Å²) < 4.78 is 42.3. The Morgan fingerprint density at radius 1 is 1.14 bits per heavy atom. The Bertz CT molecular complexity index is 1490. The lowest BCUT2D eigenvalue weighted by molar-refractivity contribution is 0.0984. The van der Waals surface area contributed by atoms with Gasteiger partial charge in [0.25, 0.3) is 5.91 Å². The number of halogens is 1. The van der Waals surface area contributed by atoms with E-state index in [0.29, 0.717) is 33.2 Å². The molecule has 0 saturated carbocycles. The van der Waals surface area contributed by atoms with Crippen molar-refractivity contribution in [3.8, 4) is 0 Å². The molecule has 1 aliphatic heterocycles. The smallest absolute Gasteiger partial charge is 0.260 e. The van der Waals surface area contributed by atoms with Gasteiger partial charge in [0, 0.05) is 24.3 Å². The highest BCUT2D eigenvalue weighted by molar-refractivity contribution is 7.89. The number of carbonyl (C=O) groups is 1. The van der Waals surface area contributed by atoms with Gasteiger partial charge in [-0.2, -0.15) is 4.31 Å². The number of carbonyl (C=O) groups excluding carboxylic acids is 1. The Morgan fingerprint density at radius 3 is 2.67 bits per heavy atom. The molecule has 1 atom stereocenters. The van der Waals surface area contributed by atoms with Crippen LogP contribution in [0.4, 0.5) is 9.52 Å². The zero-order valence-corrected chi connectivity index (χ0v) is 21.3. The lowest BCUT2D eigenvalue weighted by Crippen LogP contribution is -2.41. The van der Waals surface area contributed by atoms with Gasteiger partial charge in [0.2, 0.25) is 10.0 Å². The summed E-state index contributed by atoms with van der Waals surface area (Å²) in [7, 11) is -3.64. The van der Waals surface area contributed by atoms with Crippen molar-refractivity contribution in [2.24, 2.45) is 0 Å². The number of nitrogens with zero attached hydrogens (tertiary/aromatic N) is 4. The number of anilines is 1. The number of amides is 1. The molecular formula is C26H25FN4O3S2. The molecule has 7 nitrogen and oxygen atoms in total.